The van der Waals surface area contributed by atoms with Crippen molar-refractivity contribution in [3.05, 3.63) is 74.4 Å². The van der Waals surface area contributed by atoms with E-state index in [0.717, 1.165) is 11.1 Å². The smallest absolute Gasteiger partial charge is 0.295 e. The lowest BCUT2D eigenvalue weighted by atomic mass is 10.1. The number of nitrogens with zero attached hydrogens (tertiary/aromatic N) is 4. The van der Waals surface area contributed by atoms with Crippen molar-refractivity contribution in [1.29, 1.82) is 0 Å². The number of piperazine rings is 1. The molecule has 9 heteroatoms. The number of non-ortho nitro benzene ring substituents is 1. The fourth-order valence-electron chi connectivity index (χ4n) is 3.53. The van der Waals surface area contributed by atoms with Gasteiger partial charge in [0, 0.05) is 55.1 Å². The van der Waals surface area contributed by atoms with E-state index in [1.54, 1.807) is 41.4 Å². The third-order valence-electron chi connectivity index (χ3n) is 5.00. The Morgan fingerprint density at radius 3 is 2.48 bits per heavy atom. The Morgan fingerprint density at radius 2 is 1.79 bits per heavy atom. The lowest BCUT2D eigenvalue weighted by molar-refractivity contribution is -0.383. The summed E-state index contributed by atoms with van der Waals surface area (Å²) in [5.74, 6) is -0.0987. The first-order valence-corrected chi connectivity index (χ1v) is 9.72. The summed E-state index contributed by atoms with van der Waals surface area (Å²) in [5.41, 5.74) is 1.72. The predicted molar refractivity (Wildman–Crippen MR) is 113 cm³/mol. The van der Waals surface area contributed by atoms with E-state index in [9.17, 15) is 14.9 Å². The number of fused-ring (bicyclic) bond motifs is 1. The fourth-order valence-corrected chi connectivity index (χ4v) is 3.83. The first-order chi connectivity index (χ1) is 14.0. The maximum absolute atomic E-state index is 12.8. The standard InChI is InChI=1S/C20H16Cl2N4O3/c21-15-4-3-13(12-16(15)22)20(27)25-10-8-24(9-11-25)17-5-6-18(26(28)29)19-14(17)2-1-7-23-19/h1-7,12H,8-11H2. The van der Waals surface area contributed by atoms with Gasteiger partial charge in [-0.1, -0.05) is 23.2 Å². The average molecular weight is 431 g/mol. The number of aromatic nitrogens is 1. The molecule has 1 amide bonds. The maximum Gasteiger partial charge on any atom is 0.295 e. The van der Waals surface area contributed by atoms with Crippen LogP contribution in [0.15, 0.2) is 48.7 Å². The van der Waals surface area contributed by atoms with Crippen LogP contribution in [0.2, 0.25) is 10.0 Å². The van der Waals surface area contributed by atoms with Gasteiger partial charge in [0.2, 0.25) is 0 Å². The van der Waals surface area contributed by atoms with Crippen LogP contribution in [0, 0.1) is 10.1 Å². The first-order valence-electron chi connectivity index (χ1n) is 8.97. The van der Waals surface area contributed by atoms with E-state index in [4.69, 9.17) is 23.2 Å². The summed E-state index contributed by atoms with van der Waals surface area (Å²) in [6, 6.07) is 11.7. The van der Waals surface area contributed by atoms with Gasteiger partial charge in [0.25, 0.3) is 11.6 Å². The molecule has 29 heavy (non-hydrogen) atoms. The molecule has 1 aliphatic heterocycles. The molecule has 0 bridgehead atoms. The number of rotatable bonds is 3. The summed E-state index contributed by atoms with van der Waals surface area (Å²) in [6.45, 7) is 2.26. The zero-order valence-electron chi connectivity index (χ0n) is 15.2. The predicted octanol–water partition coefficient (Wildman–Crippen LogP) is 4.41. The molecule has 0 saturated carbocycles. The number of benzene rings is 2. The van der Waals surface area contributed by atoms with Gasteiger partial charge < -0.3 is 9.80 Å². The molecule has 2 heterocycles. The number of amides is 1. The highest BCUT2D eigenvalue weighted by Gasteiger charge is 2.25. The minimum Gasteiger partial charge on any atom is -0.367 e. The van der Waals surface area contributed by atoms with Crippen molar-refractivity contribution in [2.75, 3.05) is 31.1 Å². The second-order valence-corrected chi connectivity index (χ2v) is 7.48. The van der Waals surface area contributed by atoms with Crippen molar-refractivity contribution in [2.24, 2.45) is 0 Å². The van der Waals surface area contributed by atoms with Crippen LogP contribution in [0.3, 0.4) is 0 Å². The van der Waals surface area contributed by atoms with Gasteiger partial charge >= 0.3 is 0 Å². The van der Waals surface area contributed by atoms with Crippen LogP contribution in [0.4, 0.5) is 11.4 Å². The monoisotopic (exact) mass is 430 g/mol. The Morgan fingerprint density at radius 1 is 1.03 bits per heavy atom. The molecule has 4 rings (SSSR count). The molecular formula is C20H16Cl2N4O3. The number of carbonyl (C=O) groups excluding carboxylic acids is 1. The van der Waals surface area contributed by atoms with Gasteiger partial charge in [-0.05, 0) is 36.4 Å². The van der Waals surface area contributed by atoms with Gasteiger partial charge in [0.15, 0.2) is 0 Å². The van der Waals surface area contributed by atoms with Crippen molar-refractivity contribution >= 4 is 51.4 Å². The Bertz CT molecular complexity index is 1110. The van der Waals surface area contributed by atoms with E-state index in [2.05, 4.69) is 9.88 Å². The van der Waals surface area contributed by atoms with Crippen molar-refractivity contribution in [2.45, 2.75) is 0 Å². The maximum atomic E-state index is 12.8. The summed E-state index contributed by atoms with van der Waals surface area (Å²) in [7, 11) is 0. The summed E-state index contributed by atoms with van der Waals surface area (Å²) in [4.78, 5) is 31.7. The van der Waals surface area contributed by atoms with E-state index in [1.807, 2.05) is 6.07 Å². The number of hydrogen-bond donors (Lipinski definition) is 0. The molecule has 0 radical (unpaired) electrons. The van der Waals surface area contributed by atoms with Crippen molar-refractivity contribution in [3.63, 3.8) is 0 Å². The van der Waals surface area contributed by atoms with Crippen molar-refractivity contribution < 1.29 is 9.72 Å². The van der Waals surface area contributed by atoms with Gasteiger partial charge in [0.05, 0.1) is 15.0 Å². The Kier molecular flexibility index (Phi) is 5.25. The fraction of sp³-hybridized carbons (Fsp3) is 0.200. The SMILES string of the molecule is O=C(c1ccc(Cl)c(Cl)c1)N1CCN(c2ccc([N+](=O)[O-])c3ncccc23)CC1. The van der Waals surface area contributed by atoms with E-state index in [1.165, 1.54) is 6.07 Å². The second kappa shape index (κ2) is 7.85. The summed E-state index contributed by atoms with van der Waals surface area (Å²) in [6.07, 6.45) is 1.55. The quantitative estimate of drug-likeness (QED) is 0.453. The number of nitro groups is 1. The highest BCUT2D eigenvalue weighted by atomic mass is 35.5. The molecule has 2 aromatic carbocycles. The van der Waals surface area contributed by atoms with E-state index in [0.29, 0.717) is 47.3 Å². The van der Waals surface area contributed by atoms with Crippen LogP contribution in [0.5, 0.6) is 0 Å². The zero-order valence-corrected chi connectivity index (χ0v) is 16.7. The molecule has 7 nitrogen and oxygen atoms in total. The molecule has 0 atom stereocenters. The molecule has 3 aromatic rings. The van der Waals surface area contributed by atoms with Gasteiger partial charge in [0.1, 0.15) is 5.52 Å². The molecule has 0 unspecified atom stereocenters. The van der Waals surface area contributed by atoms with Gasteiger partial charge in [-0.25, -0.2) is 4.98 Å². The summed E-state index contributed by atoms with van der Waals surface area (Å²) in [5, 5.41) is 12.8. The van der Waals surface area contributed by atoms with Crippen molar-refractivity contribution in [1.82, 2.24) is 9.88 Å². The topological polar surface area (TPSA) is 79.6 Å². The average Bonchev–Trinajstić information content (AvgIpc) is 2.74. The molecular weight excluding hydrogens is 415 g/mol. The summed E-state index contributed by atoms with van der Waals surface area (Å²) < 4.78 is 0. The van der Waals surface area contributed by atoms with Crippen LogP contribution in [0.25, 0.3) is 10.9 Å². The lowest BCUT2D eigenvalue weighted by Gasteiger charge is -2.36. The number of pyridine rings is 1. The lowest BCUT2D eigenvalue weighted by Crippen LogP contribution is -2.48. The van der Waals surface area contributed by atoms with E-state index < -0.39 is 4.92 Å². The molecule has 1 fully saturated rings. The molecule has 0 N–H and O–H groups in total. The molecule has 0 spiro atoms. The zero-order chi connectivity index (χ0) is 20.5. The van der Waals surface area contributed by atoms with Gasteiger partial charge in [-0.3, -0.25) is 14.9 Å². The van der Waals surface area contributed by atoms with Crippen LogP contribution < -0.4 is 4.90 Å². The van der Waals surface area contributed by atoms with Gasteiger partial charge in [-0.15, -0.1) is 0 Å². The Labute approximate surface area is 176 Å². The molecule has 1 aliphatic rings. The van der Waals surface area contributed by atoms with Crippen LogP contribution in [0.1, 0.15) is 10.4 Å². The van der Waals surface area contributed by atoms with E-state index in [-0.39, 0.29) is 11.6 Å². The minimum atomic E-state index is -0.424. The highest BCUT2D eigenvalue weighted by Crippen LogP contribution is 2.32. The normalized spacial score (nSPS) is 14.3. The van der Waals surface area contributed by atoms with Gasteiger partial charge in [-0.2, -0.15) is 0 Å². The second-order valence-electron chi connectivity index (χ2n) is 6.67. The third-order valence-corrected chi connectivity index (χ3v) is 5.74. The Balaban J connectivity index is 1.54. The van der Waals surface area contributed by atoms with Crippen LogP contribution in [-0.4, -0.2) is 46.9 Å². The number of halogens is 2. The number of nitro benzene ring substituents is 1. The van der Waals surface area contributed by atoms with E-state index >= 15 is 0 Å². The Hall–Kier alpha value is -2.90. The van der Waals surface area contributed by atoms with Crippen LogP contribution >= 0.6 is 23.2 Å². The molecule has 1 saturated heterocycles. The third kappa shape index (κ3) is 3.71. The summed E-state index contributed by atoms with van der Waals surface area (Å²) >= 11 is 12.0. The highest BCUT2D eigenvalue weighted by molar-refractivity contribution is 6.42. The largest absolute Gasteiger partial charge is 0.367 e. The number of anilines is 1. The molecule has 148 valence electrons. The minimum absolute atomic E-state index is 0.0159. The number of hydrogen-bond acceptors (Lipinski definition) is 5. The number of carbonyl (C=O) groups is 1. The van der Waals surface area contributed by atoms with Crippen LogP contribution in [-0.2, 0) is 0 Å². The first kappa shape index (κ1) is 19.4. The molecule has 0 aliphatic carbocycles. The molecule has 1 aromatic heterocycles. The van der Waals surface area contributed by atoms with Crippen molar-refractivity contribution in [3.8, 4) is 0 Å².